The van der Waals surface area contributed by atoms with Crippen molar-refractivity contribution >= 4 is 12.8 Å². The fourth-order valence-electron chi connectivity index (χ4n) is 0.101. The molecule has 46 valence electrons. The Kier molecular flexibility index (Phi) is 11.3. The maximum Gasteiger partial charge on any atom is 0.316 e. The molecule has 4 nitrogen and oxygen atoms in total. The summed E-state index contributed by atoms with van der Waals surface area (Å²) in [5.41, 5.74) is 4.58. The van der Waals surface area contributed by atoms with Crippen LogP contribution in [0, 0.1) is 0 Å². The minimum Gasteiger partial charge on any atom is -0.351 e. The van der Waals surface area contributed by atoms with E-state index < -0.39 is 6.03 Å². The maximum atomic E-state index is 9.64. The first-order chi connectivity index (χ1) is 3.77. The SMILES string of the molecule is C=CNC(N)=O.C=O. The lowest BCUT2D eigenvalue weighted by Gasteiger charge is -1.83. The molecule has 2 amide bonds. The number of carbonyl (C=O) groups is 2. The van der Waals surface area contributed by atoms with Crippen molar-refractivity contribution in [3.63, 3.8) is 0 Å². The highest BCUT2D eigenvalue weighted by Crippen LogP contribution is 1.49. The lowest BCUT2D eigenvalue weighted by Crippen LogP contribution is -2.23. The molecule has 0 unspecified atom stereocenters. The summed E-state index contributed by atoms with van der Waals surface area (Å²) in [5, 5.41) is 2.11. The Morgan fingerprint density at radius 3 is 2.00 bits per heavy atom. The molecule has 0 heterocycles. The van der Waals surface area contributed by atoms with Crippen molar-refractivity contribution < 1.29 is 9.59 Å². The van der Waals surface area contributed by atoms with Gasteiger partial charge in [0.1, 0.15) is 6.79 Å². The Balaban J connectivity index is 0. The number of urea groups is 1. The molecule has 0 aliphatic rings. The van der Waals surface area contributed by atoms with Gasteiger partial charge in [-0.3, -0.25) is 0 Å². The highest BCUT2D eigenvalue weighted by molar-refractivity contribution is 5.72. The van der Waals surface area contributed by atoms with E-state index in [2.05, 4.69) is 17.6 Å². The third-order valence-corrected chi connectivity index (χ3v) is 0.244. The molecule has 0 aromatic rings. The molecule has 0 fully saturated rings. The number of carbonyl (C=O) groups excluding carboxylic acids is 2. The van der Waals surface area contributed by atoms with E-state index >= 15 is 0 Å². The molecule has 0 atom stereocenters. The van der Waals surface area contributed by atoms with Gasteiger partial charge in [-0.1, -0.05) is 6.58 Å². The van der Waals surface area contributed by atoms with E-state index in [4.69, 9.17) is 4.79 Å². The predicted molar refractivity (Wildman–Crippen MR) is 30.0 cm³/mol. The molecule has 0 radical (unpaired) electrons. The number of nitrogens with one attached hydrogen (secondary N) is 1. The molecule has 0 aromatic carbocycles. The minimum absolute atomic E-state index is 0.579. The summed E-state index contributed by atoms with van der Waals surface area (Å²) in [4.78, 5) is 17.6. The molecule has 0 aromatic heterocycles. The van der Waals surface area contributed by atoms with Gasteiger partial charge in [0, 0.05) is 0 Å². The van der Waals surface area contributed by atoms with Crippen LogP contribution in [0.4, 0.5) is 4.79 Å². The first-order valence-electron chi connectivity index (χ1n) is 1.73. The van der Waals surface area contributed by atoms with Gasteiger partial charge in [0.05, 0.1) is 0 Å². The van der Waals surface area contributed by atoms with Crippen molar-refractivity contribution in [3.8, 4) is 0 Å². The summed E-state index contributed by atoms with van der Waals surface area (Å²) in [7, 11) is 0. The zero-order valence-corrected chi connectivity index (χ0v) is 4.39. The van der Waals surface area contributed by atoms with Crippen molar-refractivity contribution in [2.45, 2.75) is 0 Å². The predicted octanol–water partition coefficient (Wildman–Crippen LogP) is -0.387. The second kappa shape index (κ2) is 9.19. The van der Waals surface area contributed by atoms with Gasteiger partial charge in [-0.25, -0.2) is 4.79 Å². The van der Waals surface area contributed by atoms with Gasteiger partial charge in [-0.15, -0.1) is 0 Å². The lowest BCUT2D eigenvalue weighted by molar-refractivity contribution is -0.0979. The smallest absolute Gasteiger partial charge is 0.316 e. The number of amides is 2. The van der Waals surface area contributed by atoms with Gasteiger partial charge in [-0.05, 0) is 6.20 Å². The van der Waals surface area contributed by atoms with E-state index in [0.717, 1.165) is 0 Å². The highest BCUT2D eigenvalue weighted by Gasteiger charge is 1.76. The average Bonchev–Trinajstić information content (AvgIpc) is 1.72. The topological polar surface area (TPSA) is 72.2 Å². The first kappa shape index (κ1) is 9.84. The van der Waals surface area contributed by atoms with E-state index in [1.807, 2.05) is 6.79 Å². The van der Waals surface area contributed by atoms with Crippen LogP contribution in [-0.2, 0) is 4.79 Å². The van der Waals surface area contributed by atoms with Gasteiger partial charge in [0.15, 0.2) is 0 Å². The van der Waals surface area contributed by atoms with Gasteiger partial charge in [-0.2, -0.15) is 0 Å². The summed E-state index contributed by atoms with van der Waals surface area (Å²) in [6.45, 7) is 5.19. The fraction of sp³-hybridized carbons (Fsp3) is 0. The van der Waals surface area contributed by atoms with E-state index in [1.54, 1.807) is 0 Å². The third-order valence-electron chi connectivity index (χ3n) is 0.244. The number of primary amides is 1. The number of hydrogen-bond acceptors (Lipinski definition) is 2. The molecule has 0 aliphatic heterocycles. The van der Waals surface area contributed by atoms with Gasteiger partial charge < -0.3 is 15.8 Å². The van der Waals surface area contributed by atoms with Crippen LogP contribution in [0.1, 0.15) is 0 Å². The third kappa shape index (κ3) is 22.5. The number of hydrogen-bond donors (Lipinski definition) is 2. The molecule has 8 heavy (non-hydrogen) atoms. The molecule has 0 bridgehead atoms. The highest BCUT2D eigenvalue weighted by atomic mass is 16.2. The van der Waals surface area contributed by atoms with Crippen molar-refractivity contribution in [2.75, 3.05) is 0 Å². The van der Waals surface area contributed by atoms with Crippen LogP contribution in [0.2, 0.25) is 0 Å². The Bertz CT molecular complexity index is 82.1. The zero-order chi connectivity index (χ0) is 6.99. The normalized spacial score (nSPS) is 5.50. The Labute approximate surface area is 47.4 Å². The van der Waals surface area contributed by atoms with Crippen LogP contribution in [-0.4, -0.2) is 12.8 Å². The maximum absolute atomic E-state index is 9.64. The summed E-state index contributed by atoms with van der Waals surface area (Å²) < 4.78 is 0. The largest absolute Gasteiger partial charge is 0.351 e. The molecule has 0 saturated carbocycles. The summed E-state index contributed by atoms with van der Waals surface area (Å²) in [6.07, 6.45) is 1.22. The van der Waals surface area contributed by atoms with Gasteiger partial charge in [0.2, 0.25) is 0 Å². The molecular formula is C4H8N2O2. The summed E-state index contributed by atoms with van der Waals surface area (Å²) in [5.74, 6) is 0. The van der Waals surface area contributed by atoms with Crippen molar-refractivity contribution in [3.05, 3.63) is 12.8 Å². The van der Waals surface area contributed by atoms with E-state index in [0.29, 0.717) is 0 Å². The second-order valence-electron chi connectivity index (χ2n) is 0.713. The molecule has 4 heteroatoms. The molecule has 0 spiro atoms. The lowest BCUT2D eigenvalue weighted by atomic mass is 10.9. The first-order valence-corrected chi connectivity index (χ1v) is 1.73. The van der Waals surface area contributed by atoms with E-state index in [1.165, 1.54) is 6.20 Å². The number of nitrogens with two attached hydrogens (primary N) is 1. The number of rotatable bonds is 1. The molecule has 0 rings (SSSR count). The monoisotopic (exact) mass is 116 g/mol. The van der Waals surface area contributed by atoms with E-state index in [9.17, 15) is 4.79 Å². The minimum atomic E-state index is -0.579. The molecule has 0 aliphatic carbocycles. The fourth-order valence-corrected chi connectivity index (χ4v) is 0.101. The van der Waals surface area contributed by atoms with Crippen LogP contribution >= 0.6 is 0 Å². The van der Waals surface area contributed by atoms with Gasteiger partial charge >= 0.3 is 6.03 Å². The quantitative estimate of drug-likeness (QED) is 0.489. The van der Waals surface area contributed by atoms with Crippen molar-refractivity contribution in [1.82, 2.24) is 5.32 Å². The average molecular weight is 116 g/mol. The van der Waals surface area contributed by atoms with Crippen LogP contribution < -0.4 is 11.1 Å². The van der Waals surface area contributed by atoms with Gasteiger partial charge in [0.25, 0.3) is 0 Å². The van der Waals surface area contributed by atoms with Crippen molar-refractivity contribution in [2.24, 2.45) is 5.73 Å². The molecule has 0 saturated heterocycles. The second-order valence-corrected chi connectivity index (χ2v) is 0.713. The van der Waals surface area contributed by atoms with Crippen molar-refractivity contribution in [1.29, 1.82) is 0 Å². The summed E-state index contributed by atoms with van der Waals surface area (Å²) >= 11 is 0. The molecular weight excluding hydrogens is 108 g/mol. The van der Waals surface area contributed by atoms with Crippen LogP contribution in [0.5, 0.6) is 0 Å². The Morgan fingerprint density at radius 2 is 2.00 bits per heavy atom. The van der Waals surface area contributed by atoms with Crippen LogP contribution in [0.15, 0.2) is 12.8 Å². The van der Waals surface area contributed by atoms with Crippen LogP contribution in [0.3, 0.4) is 0 Å². The summed E-state index contributed by atoms with van der Waals surface area (Å²) in [6, 6.07) is -0.579. The van der Waals surface area contributed by atoms with Crippen LogP contribution in [0.25, 0.3) is 0 Å². The Hall–Kier alpha value is -1.32. The standard InChI is InChI=1S/C3H6N2O.CH2O/c1-2-5-3(4)6;1-2/h2H,1H2,(H3,4,5,6);1H2. The zero-order valence-electron chi connectivity index (χ0n) is 4.39. The Morgan fingerprint density at radius 1 is 1.62 bits per heavy atom. The van der Waals surface area contributed by atoms with E-state index in [-0.39, 0.29) is 0 Å². The molecule has 3 N–H and O–H groups in total.